The van der Waals surface area contributed by atoms with Gasteiger partial charge in [-0.1, -0.05) is 0 Å². The molecule has 0 bridgehead atoms. The molecule has 2 heterocycles. The maximum Gasteiger partial charge on any atom is 0.0897 e. The molecule has 0 amide bonds. The van der Waals surface area contributed by atoms with Gasteiger partial charge in [-0.15, -0.1) is 23.1 Å². The first-order valence-electron chi connectivity index (χ1n) is 4.49. The summed E-state index contributed by atoms with van der Waals surface area (Å²) in [5, 5.41) is 1.10. The van der Waals surface area contributed by atoms with Crippen molar-refractivity contribution in [1.29, 1.82) is 0 Å². The van der Waals surface area contributed by atoms with Crippen molar-refractivity contribution in [3.8, 4) is 0 Å². The third kappa shape index (κ3) is 2.70. The minimum absolute atomic E-state index is 0.740. The Morgan fingerprint density at radius 3 is 3.00 bits per heavy atom. The second-order valence-corrected chi connectivity index (χ2v) is 5.38. The number of nitrogens with two attached hydrogens (primary N) is 1. The first-order chi connectivity index (χ1) is 7.25. The summed E-state index contributed by atoms with van der Waals surface area (Å²) < 4.78 is 0. The van der Waals surface area contributed by atoms with E-state index in [9.17, 15) is 0 Å². The number of anilines is 1. The van der Waals surface area contributed by atoms with Gasteiger partial charge in [0.25, 0.3) is 0 Å². The van der Waals surface area contributed by atoms with Crippen molar-refractivity contribution in [2.24, 2.45) is 0 Å². The van der Waals surface area contributed by atoms with Crippen molar-refractivity contribution in [2.75, 3.05) is 5.73 Å². The average Bonchev–Trinajstić information content (AvgIpc) is 2.63. The van der Waals surface area contributed by atoms with Gasteiger partial charge >= 0.3 is 0 Å². The highest BCUT2D eigenvalue weighted by atomic mass is 32.2. The number of rotatable bonds is 3. The number of thioether (sulfide) groups is 1. The van der Waals surface area contributed by atoms with Crippen LogP contribution in [0.25, 0.3) is 0 Å². The van der Waals surface area contributed by atoms with Gasteiger partial charge < -0.3 is 5.73 Å². The third-order valence-corrected chi connectivity index (χ3v) is 4.08. The summed E-state index contributed by atoms with van der Waals surface area (Å²) in [6.07, 6.45) is 5.36. The number of thiazole rings is 1. The highest BCUT2D eigenvalue weighted by molar-refractivity contribution is 7.98. The molecule has 0 aromatic carbocycles. The second kappa shape index (κ2) is 4.63. The summed E-state index contributed by atoms with van der Waals surface area (Å²) in [6.45, 7) is 2.01. The van der Waals surface area contributed by atoms with Crippen LogP contribution in [0.2, 0.25) is 0 Å². The Balaban J connectivity index is 2.02. The lowest BCUT2D eigenvalue weighted by Crippen LogP contribution is -1.89. The molecule has 78 valence electrons. The fraction of sp³-hybridized carbons (Fsp3) is 0.200. The van der Waals surface area contributed by atoms with Crippen LogP contribution in [0.4, 0.5) is 5.69 Å². The van der Waals surface area contributed by atoms with Crippen LogP contribution in [0.1, 0.15) is 9.88 Å². The Hall–Kier alpha value is -1.07. The van der Waals surface area contributed by atoms with E-state index in [1.54, 1.807) is 35.5 Å². The zero-order chi connectivity index (χ0) is 10.7. The molecule has 3 nitrogen and oxygen atoms in total. The Labute approximate surface area is 96.8 Å². The van der Waals surface area contributed by atoms with Crippen LogP contribution in [-0.2, 0) is 5.75 Å². The number of pyridine rings is 1. The summed E-state index contributed by atoms with van der Waals surface area (Å²) in [5.41, 5.74) is 6.53. The fourth-order valence-electron chi connectivity index (χ4n) is 1.15. The van der Waals surface area contributed by atoms with Crippen molar-refractivity contribution >= 4 is 28.8 Å². The Morgan fingerprint density at radius 2 is 2.33 bits per heavy atom. The first-order valence-corrected chi connectivity index (χ1v) is 6.29. The van der Waals surface area contributed by atoms with E-state index in [1.165, 1.54) is 4.88 Å². The molecule has 0 aliphatic rings. The van der Waals surface area contributed by atoms with Gasteiger partial charge in [0.15, 0.2) is 0 Å². The van der Waals surface area contributed by atoms with Crippen LogP contribution in [0.3, 0.4) is 0 Å². The summed E-state index contributed by atoms with van der Waals surface area (Å²) >= 11 is 3.44. The normalized spacial score (nSPS) is 10.5. The lowest BCUT2D eigenvalue weighted by Gasteiger charge is -2.02. The van der Waals surface area contributed by atoms with Gasteiger partial charge in [0.1, 0.15) is 0 Å². The number of hydrogen-bond donors (Lipinski definition) is 1. The summed E-state index contributed by atoms with van der Waals surface area (Å²) in [5.74, 6) is 0.916. The van der Waals surface area contributed by atoms with Gasteiger partial charge in [-0.2, -0.15) is 0 Å². The molecule has 0 fully saturated rings. The fourth-order valence-corrected chi connectivity index (χ4v) is 2.90. The molecule has 5 heteroatoms. The number of aromatic nitrogens is 2. The predicted molar refractivity (Wildman–Crippen MR) is 65.1 cm³/mol. The third-order valence-electron chi connectivity index (χ3n) is 1.85. The summed E-state index contributed by atoms with van der Waals surface area (Å²) in [7, 11) is 0. The number of nitrogen functional groups attached to an aromatic ring is 1. The van der Waals surface area contributed by atoms with Crippen molar-refractivity contribution in [1.82, 2.24) is 9.97 Å². The highest BCUT2D eigenvalue weighted by Gasteiger charge is 2.02. The van der Waals surface area contributed by atoms with Crippen molar-refractivity contribution in [3.05, 3.63) is 34.5 Å². The lowest BCUT2D eigenvalue weighted by atomic mass is 10.4. The monoisotopic (exact) mass is 237 g/mol. The first kappa shape index (κ1) is 10.4. The molecular weight excluding hydrogens is 226 g/mol. The zero-order valence-corrected chi connectivity index (χ0v) is 9.94. The van der Waals surface area contributed by atoms with E-state index in [-0.39, 0.29) is 0 Å². The van der Waals surface area contributed by atoms with E-state index in [0.717, 1.165) is 21.3 Å². The molecule has 2 N–H and O–H groups in total. The minimum Gasteiger partial charge on any atom is -0.397 e. The van der Waals surface area contributed by atoms with Gasteiger partial charge in [-0.25, -0.2) is 4.98 Å². The zero-order valence-electron chi connectivity index (χ0n) is 8.30. The molecule has 15 heavy (non-hydrogen) atoms. The van der Waals surface area contributed by atoms with Crippen molar-refractivity contribution < 1.29 is 0 Å². The minimum atomic E-state index is 0.740. The molecule has 0 unspecified atom stereocenters. The van der Waals surface area contributed by atoms with Crippen molar-refractivity contribution in [2.45, 2.75) is 17.6 Å². The summed E-state index contributed by atoms with van der Waals surface area (Å²) in [6, 6.07) is 1.94. The molecule has 0 aliphatic heterocycles. The standard InChI is InChI=1S/C10H11N3S2/c1-7-13-4-8(15-7)6-14-10-2-3-12-5-9(10)11/h2-5H,6,11H2,1H3. The molecule has 0 radical (unpaired) electrons. The number of hydrogen-bond acceptors (Lipinski definition) is 5. The van der Waals surface area contributed by atoms with E-state index >= 15 is 0 Å². The van der Waals surface area contributed by atoms with Crippen LogP contribution in [-0.4, -0.2) is 9.97 Å². The molecule has 2 aromatic heterocycles. The molecule has 0 atom stereocenters. The van der Waals surface area contributed by atoms with E-state index in [1.807, 2.05) is 19.2 Å². The molecule has 2 rings (SSSR count). The second-order valence-electron chi connectivity index (χ2n) is 3.05. The molecular formula is C10H11N3S2. The Morgan fingerprint density at radius 1 is 1.47 bits per heavy atom. The van der Waals surface area contributed by atoms with Gasteiger partial charge in [-0.05, 0) is 13.0 Å². The van der Waals surface area contributed by atoms with Gasteiger partial charge in [0.2, 0.25) is 0 Å². The van der Waals surface area contributed by atoms with Gasteiger partial charge in [-0.3, -0.25) is 4.98 Å². The van der Waals surface area contributed by atoms with Gasteiger partial charge in [0.05, 0.1) is 16.9 Å². The quantitative estimate of drug-likeness (QED) is 0.834. The molecule has 0 spiro atoms. The van der Waals surface area contributed by atoms with Crippen LogP contribution in [0.15, 0.2) is 29.6 Å². The summed E-state index contributed by atoms with van der Waals surface area (Å²) in [4.78, 5) is 10.5. The van der Waals surface area contributed by atoms with E-state index in [4.69, 9.17) is 5.73 Å². The molecule has 0 aliphatic carbocycles. The molecule has 0 saturated carbocycles. The highest BCUT2D eigenvalue weighted by Crippen LogP contribution is 2.28. The number of nitrogens with zero attached hydrogens (tertiary/aromatic N) is 2. The van der Waals surface area contributed by atoms with E-state index < -0.39 is 0 Å². The SMILES string of the molecule is Cc1ncc(CSc2ccncc2N)s1. The smallest absolute Gasteiger partial charge is 0.0897 e. The van der Waals surface area contributed by atoms with Gasteiger partial charge in [0, 0.05) is 27.9 Å². The largest absolute Gasteiger partial charge is 0.397 e. The number of aryl methyl sites for hydroxylation is 1. The maximum absolute atomic E-state index is 5.79. The van der Waals surface area contributed by atoms with E-state index in [2.05, 4.69) is 9.97 Å². The van der Waals surface area contributed by atoms with Crippen LogP contribution < -0.4 is 5.73 Å². The maximum atomic E-state index is 5.79. The molecule has 2 aromatic rings. The molecule has 0 saturated heterocycles. The van der Waals surface area contributed by atoms with Crippen LogP contribution in [0.5, 0.6) is 0 Å². The predicted octanol–water partition coefficient (Wildman–Crippen LogP) is 2.72. The van der Waals surface area contributed by atoms with Crippen LogP contribution >= 0.6 is 23.1 Å². The van der Waals surface area contributed by atoms with Crippen molar-refractivity contribution in [3.63, 3.8) is 0 Å². The Bertz CT molecular complexity index is 453. The average molecular weight is 237 g/mol. The Kier molecular flexibility index (Phi) is 3.23. The van der Waals surface area contributed by atoms with E-state index in [0.29, 0.717) is 0 Å². The van der Waals surface area contributed by atoms with Crippen LogP contribution in [0, 0.1) is 6.92 Å². The topological polar surface area (TPSA) is 51.8 Å². The lowest BCUT2D eigenvalue weighted by molar-refractivity contribution is 1.26.